The third-order valence-electron chi connectivity index (χ3n) is 17.5. The Labute approximate surface area is 507 Å². The predicted octanol–water partition coefficient (Wildman–Crippen LogP) is 24.1. The van der Waals surface area contributed by atoms with Crippen molar-refractivity contribution in [2.24, 2.45) is 0 Å². The smallest absolute Gasteiger partial charge is 0.305 e. The molecule has 0 aromatic carbocycles. The van der Waals surface area contributed by atoms with Gasteiger partial charge in [-0.15, -0.1) is 0 Å². The first kappa shape index (κ1) is 79.3. The van der Waals surface area contributed by atoms with Gasteiger partial charge in [-0.05, 0) is 57.8 Å². The van der Waals surface area contributed by atoms with Crippen LogP contribution in [0.3, 0.4) is 0 Å². The van der Waals surface area contributed by atoms with Crippen molar-refractivity contribution < 1.29 is 24.5 Å². The summed E-state index contributed by atoms with van der Waals surface area (Å²) in [5.74, 6) is -0.0229. The summed E-state index contributed by atoms with van der Waals surface area (Å²) in [6.07, 6.45) is 89.4. The van der Waals surface area contributed by atoms with E-state index in [1.165, 1.54) is 334 Å². The fourth-order valence-corrected chi connectivity index (χ4v) is 11.9. The monoisotopic (exact) mass is 1140 g/mol. The highest BCUT2D eigenvalue weighted by Crippen LogP contribution is 2.19. The Kier molecular flexibility index (Phi) is 69.4. The van der Waals surface area contributed by atoms with Gasteiger partial charge in [-0.3, -0.25) is 9.59 Å². The number of aliphatic hydroxyl groups is 2. The van der Waals surface area contributed by atoms with E-state index in [1.54, 1.807) is 0 Å². The molecule has 2 unspecified atom stereocenters. The molecule has 81 heavy (non-hydrogen) atoms. The molecule has 0 bridgehead atoms. The zero-order chi connectivity index (χ0) is 58.5. The lowest BCUT2D eigenvalue weighted by Crippen LogP contribution is -2.45. The van der Waals surface area contributed by atoms with E-state index in [9.17, 15) is 19.8 Å². The average Bonchev–Trinajstić information content (AvgIpc) is 3.47. The van der Waals surface area contributed by atoms with Crippen LogP contribution in [0.1, 0.15) is 418 Å². The van der Waals surface area contributed by atoms with E-state index >= 15 is 0 Å². The first-order valence-electron chi connectivity index (χ1n) is 37.1. The van der Waals surface area contributed by atoms with Gasteiger partial charge in [0.25, 0.3) is 0 Å². The van der Waals surface area contributed by atoms with Crippen LogP contribution in [0.15, 0.2) is 24.3 Å². The van der Waals surface area contributed by atoms with Gasteiger partial charge in [-0.2, -0.15) is 0 Å². The highest BCUT2D eigenvalue weighted by atomic mass is 16.5. The van der Waals surface area contributed by atoms with Crippen molar-refractivity contribution in [2.75, 3.05) is 13.2 Å². The Bertz CT molecular complexity index is 1270. The summed E-state index contributed by atoms with van der Waals surface area (Å²) < 4.78 is 5.50. The number of carbonyl (C=O) groups excluding carboxylic acids is 2. The van der Waals surface area contributed by atoms with Gasteiger partial charge in [0.15, 0.2) is 0 Å². The summed E-state index contributed by atoms with van der Waals surface area (Å²) in [6, 6.07) is -0.543. The van der Waals surface area contributed by atoms with Gasteiger partial charge in [-0.25, -0.2) is 0 Å². The first-order chi connectivity index (χ1) is 40.0. The maximum atomic E-state index is 12.6. The molecule has 0 saturated carbocycles. The van der Waals surface area contributed by atoms with Gasteiger partial charge in [0.1, 0.15) is 0 Å². The number of unbranched alkanes of at least 4 members (excludes halogenated alkanes) is 55. The number of carbonyl (C=O) groups is 2. The zero-order valence-corrected chi connectivity index (χ0v) is 55.0. The van der Waals surface area contributed by atoms with Gasteiger partial charge in [-0.1, -0.05) is 372 Å². The molecule has 0 saturated heterocycles. The molecule has 2 atom stereocenters. The molecule has 0 heterocycles. The van der Waals surface area contributed by atoms with Crippen LogP contribution in [0.25, 0.3) is 0 Å². The third kappa shape index (κ3) is 67.3. The molecule has 480 valence electrons. The van der Waals surface area contributed by atoms with E-state index in [0.717, 1.165) is 51.4 Å². The molecule has 0 aliphatic heterocycles. The largest absolute Gasteiger partial charge is 0.466 e. The maximum Gasteiger partial charge on any atom is 0.305 e. The lowest BCUT2D eigenvalue weighted by molar-refractivity contribution is -0.143. The summed E-state index contributed by atoms with van der Waals surface area (Å²) in [4.78, 5) is 24.7. The second-order valence-corrected chi connectivity index (χ2v) is 25.6. The molecule has 0 spiro atoms. The second kappa shape index (κ2) is 70.8. The Morgan fingerprint density at radius 2 is 0.617 bits per heavy atom. The van der Waals surface area contributed by atoms with Crippen molar-refractivity contribution in [1.82, 2.24) is 5.32 Å². The average molecular weight is 1140 g/mol. The van der Waals surface area contributed by atoms with Crippen LogP contribution < -0.4 is 5.32 Å². The molecule has 6 nitrogen and oxygen atoms in total. The Balaban J connectivity index is 3.37. The molecule has 0 aromatic rings. The maximum absolute atomic E-state index is 12.6. The number of allylic oxidation sites excluding steroid dienone is 4. The fourth-order valence-electron chi connectivity index (χ4n) is 11.9. The van der Waals surface area contributed by atoms with E-state index in [1.807, 2.05) is 0 Å². The number of ether oxygens (including phenoxy) is 1. The normalized spacial score (nSPS) is 12.6. The summed E-state index contributed by atoms with van der Waals surface area (Å²) in [7, 11) is 0. The zero-order valence-electron chi connectivity index (χ0n) is 55.0. The van der Waals surface area contributed by atoms with E-state index in [4.69, 9.17) is 4.74 Å². The number of aliphatic hydroxyl groups excluding tert-OH is 2. The number of amides is 1. The van der Waals surface area contributed by atoms with Crippen LogP contribution in [-0.4, -0.2) is 47.4 Å². The van der Waals surface area contributed by atoms with E-state index < -0.39 is 12.1 Å². The Morgan fingerprint density at radius 3 is 0.951 bits per heavy atom. The van der Waals surface area contributed by atoms with Crippen LogP contribution in [0.2, 0.25) is 0 Å². The number of hydrogen-bond donors (Lipinski definition) is 3. The van der Waals surface area contributed by atoms with Gasteiger partial charge in [0.05, 0.1) is 25.4 Å². The molecule has 0 aliphatic carbocycles. The van der Waals surface area contributed by atoms with Gasteiger partial charge in [0, 0.05) is 12.8 Å². The predicted molar refractivity (Wildman–Crippen MR) is 356 cm³/mol. The number of rotatable bonds is 70. The van der Waals surface area contributed by atoms with Gasteiger partial charge < -0.3 is 20.3 Å². The third-order valence-corrected chi connectivity index (χ3v) is 17.5. The SMILES string of the molecule is CCCCCC/C=C\C/C=C\CCCCCCCCCC(=O)OCCCCCCCCCCCCCCCCCCCCCCCCC(=O)NC(CO)C(O)CCCCCCCCCCCCCCCCCCCCCCCCCC. The van der Waals surface area contributed by atoms with Crippen LogP contribution >= 0.6 is 0 Å². The van der Waals surface area contributed by atoms with Crippen LogP contribution in [0.5, 0.6) is 0 Å². The lowest BCUT2D eigenvalue weighted by Gasteiger charge is -2.22. The molecule has 1 amide bonds. The topological polar surface area (TPSA) is 95.9 Å². The summed E-state index contributed by atoms with van der Waals surface area (Å²) in [5.41, 5.74) is 0. The van der Waals surface area contributed by atoms with Crippen LogP contribution in [0, 0.1) is 0 Å². The summed E-state index contributed by atoms with van der Waals surface area (Å²) >= 11 is 0. The molecule has 3 N–H and O–H groups in total. The Hall–Kier alpha value is -1.66. The van der Waals surface area contributed by atoms with Gasteiger partial charge in [0.2, 0.25) is 5.91 Å². The number of hydrogen-bond acceptors (Lipinski definition) is 5. The number of esters is 1. The minimum atomic E-state index is -0.666. The minimum Gasteiger partial charge on any atom is -0.466 e. The standard InChI is InChI=1S/C75H145NO5/c1-3-5-7-9-11-13-15-17-19-21-23-24-25-26-29-32-35-39-43-47-51-55-59-63-67-73(78)72(71-77)76-74(79)68-64-60-56-52-48-44-40-36-33-30-27-28-31-34-38-42-46-50-54-58-62-66-70-81-75(80)69-65-61-57-53-49-45-41-37-22-20-18-16-14-12-10-8-6-4-2/h14,16,20,22,72-73,77-78H,3-13,15,17-19,21,23-71H2,1-2H3,(H,76,79)/b16-14-,22-20-. The molecule has 0 radical (unpaired) electrons. The first-order valence-corrected chi connectivity index (χ1v) is 37.1. The minimum absolute atomic E-state index is 0.00718. The molecule has 0 aromatic heterocycles. The quantitative estimate of drug-likeness (QED) is 0.0320. The van der Waals surface area contributed by atoms with Crippen molar-refractivity contribution >= 4 is 11.9 Å². The van der Waals surface area contributed by atoms with Crippen molar-refractivity contribution in [1.29, 1.82) is 0 Å². The van der Waals surface area contributed by atoms with Crippen molar-refractivity contribution in [3.63, 3.8) is 0 Å². The van der Waals surface area contributed by atoms with E-state index in [2.05, 4.69) is 43.5 Å². The summed E-state index contributed by atoms with van der Waals surface area (Å²) in [6.45, 7) is 4.98. The lowest BCUT2D eigenvalue weighted by atomic mass is 10.0. The van der Waals surface area contributed by atoms with Gasteiger partial charge >= 0.3 is 5.97 Å². The van der Waals surface area contributed by atoms with E-state index in [0.29, 0.717) is 25.9 Å². The molecule has 0 rings (SSSR count). The highest BCUT2D eigenvalue weighted by molar-refractivity contribution is 5.76. The molecule has 0 fully saturated rings. The van der Waals surface area contributed by atoms with Crippen molar-refractivity contribution in [2.45, 2.75) is 431 Å². The molecular formula is C75H145NO5. The van der Waals surface area contributed by atoms with Crippen LogP contribution in [-0.2, 0) is 14.3 Å². The highest BCUT2D eigenvalue weighted by Gasteiger charge is 2.20. The fraction of sp³-hybridized carbons (Fsp3) is 0.920. The summed E-state index contributed by atoms with van der Waals surface area (Å²) in [5, 5.41) is 23.5. The Morgan fingerprint density at radius 1 is 0.346 bits per heavy atom. The van der Waals surface area contributed by atoms with Crippen LogP contribution in [0.4, 0.5) is 0 Å². The van der Waals surface area contributed by atoms with Crippen molar-refractivity contribution in [3.05, 3.63) is 24.3 Å². The molecular weight excluding hydrogens is 995 g/mol. The molecule has 0 aliphatic rings. The van der Waals surface area contributed by atoms with E-state index in [-0.39, 0.29) is 18.5 Å². The van der Waals surface area contributed by atoms with Crippen molar-refractivity contribution in [3.8, 4) is 0 Å². The number of nitrogens with one attached hydrogen (secondary N) is 1. The molecule has 6 heteroatoms. The second-order valence-electron chi connectivity index (χ2n) is 25.6.